The van der Waals surface area contributed by atoms with E-state index in [0.29, 0.717) is 5.41 Å². The second kappa shape index (κ2) is 4.15. The summed E-state index contributed by atoms with van der Waals surface area (Å²) in [5.41, 5.74) is 1.79. The summed E-state index contributed by atoms with van der Waals surface area (Å²) in [5, 5.41) is 3.52. The third-order valence-corrected chi connectivity index (χ3v) is 3.79. The van der Waals surface area contributed by atoms with Crippen molar-refractivity contribution in [2.45, 2.75) is 19.4 Å². The molecule has 0 unspecified atom stereocenters. The van der Waals surface area contributed by atoms with Crippen molar-refractivity contribution >= 4 is 0 Å². The van der Waals surface area contributed by atoms with Gasteiger partial charge < -0.3 is 5.32 Å². The molecule has 86 valence electrons. The van der Waals surface area contributed by atoms with E-state index in [-0.39, 0.29) is 0 Å². The van der Waals surface area contributed by atoms with Crippen LogP contribution in [0.1, 0.15) is 18.5 Å². The van der Waals surface area contributed by atoms with Gasteiger partial charge in [-0.25, -0.2) is 0 Å². The number of nitrogens with one attached hydrogen (secondary N) is 1. The summed E-state index contributed by atoms with van der Waals surface area (Å²) in [4.78, 5) is 6.89. The number of aromatic nitrogens is 1. The maximum atomic E-state index is 4.38. The highest BCUT2D eigenvalue weighted by atomic mass is 15.2. The minimum atomic E-state index is 0.590. The Bertz CT molecular complexity index is 335. The van der Waals surface area contributed by atoms with Gasteiger partial charge in [-0.1, -0.05) is 6.07 Å². The van der Waals surface area contributed by atoms with Crippen LogP contribution in [-0.4, -0.2) is 36.1 Å². The Hall–Kier alpha value is -0.930. The fourth-order valence-electron chi connectivity index (χ4n) is 3.04. The van der Waals surface area contributed by atoms with Crippen LogP contribution in [0.25, 0.3) is 0 Å². The van der Waals surface area contributed by atoms with E-state index in [2.05, 4.69) is 27.3 Å². The van der Waals surface area contributed by atoms with Crippen molar-refractivity contribution in [2.75, 3.05) is 26.2 Å². The molecule has 2 fully saturated rings. The molecule has 0 amide bonds. The second-order valence-electron chi connectivity index (χ2n) is 5.25. The molecule has 1 aromatic rings. The van der Waals surface area contributed by atoms with Gasteiger partial charge in [0.2, 0.25) is 0 Å². The Balaban J connectivity index is 1.53. The van der Waals surface area contributed by atoms with Crippen LogP contribution in [0.3, 0.4) is 0 Å². The van der Waals surface area contributed by atoms with Gasteiger partial charge in [0.25, 0.3) is 0 Å². The van der Waals surface area contributed by atoms with Gasteiger partial charge in [0.05, 0.1) is 5.69 Å². The van der Waals surface area contributed by atoms with Crippen LogP contribution < -0.4 is 5.32 Å². The number of piperidine rings is 1. The number of hydrogen-bond acceptors (Lipinski definition) is 3. The van der Waals surface area contributed by atoms with Crippen molar-refractivity contribution in [3.8, 4) is 0 Å². The molecule has 1 N–H and O–H groups in total. The summed E-state index contributed by atoms with van der Waals surface area (Å²) >= 11 is 0. The van der Waals surface area contributed by atoms with Crippen LogP contribution in [0.15, 0.2) is 24.4 Å². The fourth-order valence-corrected chi connectivity index (χ4v) is 3.04. The van der Waals surface area contributed by atoms with E-state index in [1.54, 1.807) is 0 Å². The van der Waals surface area contributed by atoms with Crippen LogP contribution in [0.5, 0.6) is 0 Å². The Morgan fingerprint density at radius 2 is 2.31 bits per heavy atom. The van der Waals surface area contributed by atoms with E-state index < -0.39 is 0 Å². The van der Waals surface area contributed by atoms with Crippen molar-refractivity contribution in [3.05, 3.63) is 30.1 Å². The van der Waals surface area contributed by atoms with E-state index in [0.717, 1.165) is 6.54 Å². The lowest BCUT2D eigenvalue weighted by atomic mass is 9.74. The van der Waals surface area contributed by atoms with Gasteiger partial charge in [-0.15, -0.1) is 0 Å². The van der Waals surface area contributed by atoms with Gasteiger partial charge >= 0.3 is 0 Å². The first-order valence-electron chi connectivity index (χ1n) is 6.19. The largest absolute Gasteiger partial charge is 0.316 e. The zero-order chi connectivity index (χ0) is 10.8. The molecule has 2 saturated heterocycles. The predicted molar refractivity (Wildman–Crippen MR) is 64.1 cm³/mol. The average molecular weight is 217 g/mol. The van der Waals surface area contributed by atoms with Gasteiger partial charge in [0, 0.05) is 37.8 Å². The number of pyridine rings is 1. The Labute approximate surface area is 96.9 Å². The summed E-state index contributed by atoms with van der Waals surface area (Å²) in [6.45, 7) is 5.93. The van der Waals surface area contributed by atoms with Crippen LogP contribution in [0, 0.1) is 5.41 Å². The van der Waals surface area contributed by atoms with Crippen LogP contribution in [0.4, 0.5) is 0 Å². The van der Waals surface area contributed by atoms with E-state index in [1.165, 1.54) is 44.7 Å². The topological polar surface area (TPSA) is 28.2 Å². The molecule has 16 heavy (non-hydrogen) atoms. The van der Waals surface area contributed by atoms with Gasteiger partial charge in [-0.2, -0.15) is 0 Å². The van der Waals surface area contributed by atoms with E-state index in [9.17, 15) is 0 Å². The normalized spacial score (nSPS) is 24.2. The lowest BCUT2D eigenvalue weighted by molar-refractivity contribution is -0.0236. The van der Waals surface area contributed by atoms with Crippen LogP contribution >= 0.6 is 0 Å². The zero-order valence-corrected chi connectivity index (χ0v) is 9.65. The van der Waals surface area contributed by atoms with Crippen molar-refractivity contribution in [1.82, 2.24) is 15.2 Å². The molecular weight excluding hydrogens is 198 g/mol. The molecule has 2 aliphatic heterocycles. The molecule has 0 radical (unpaired) electrons. The van der Waals surface area contributed by atoms with E-state index in [4.69, 9.17) is 0 Å². The molecule has 3 nitrogen and oxygen atoms in total. The summed E-state index contributed by atoms with van der Waals surface area (Å²) in [6.07, 6.45) is 4.63. The Morgan fingerprint density at radius 1 is 1.38 bits per heavy atom. The van der Waals surface area contributed by atoms with Crippen LogP contribution in [-0.2, 0) is 6.54 Å². The molecular formula is C13H19N3. The summed E-state index contributed by atoms with van der Waals surface area (Å²) in [7, 11) is 0. The molecule has 0 aromatic carbocycles. The first kappa shape index (κ1) is 10.2. The first-order valence-corrected chi connectivity index (χ1v) is 6.19. The molecule has 0 saturated carbocycles. The molecule has 3 heteroatoms. The SMILES string of the molecule is c1ccc(CN2CC3(CCCNC3)C2)nc1. The maximum Gasteiger partial charge on any atom is 0.0543 e. The van der Waals surface area contributed by atoms with E-state index >= 15 is 0 Å². The molecule has 0 atom stereocenters. The molecule has 2 aliphatic rings. The molecule has 3 heterocycles. The summed E-state index contributed by atoms with van der Waals surface area (Å²) in [6, 6.07) is 6.16. The van der Waals surface area contributed by atoms with Crippen molar-refractivity contribution < 1.29 is 0 Å². The zero-order valence-electron chi connectivity index (χ0n) is 9.65. The number of nitrogens with zero attached hydrogens (tertiary/aromatic N) is 2. The highest BCUT2D eigenvalue weighted by Gasteiger charge is 2.43. The van der Waals surface area contributed by atoms with Crippen molar-refractivity contribution in [3.63, 3.8) is 0 Å². The lowest BCUT2D eigenvalue weighted by Crippen LogP contribution is -2.61. The number of hydrogen-bond donors (Lipinski definition) is 1. The minimum absolute atomic E-state index is 0.590. The molecule has 0 aliphatic carbocycles. The van der Waals surface area contributed by atoms with Crippen LogP contribution in [0.2, 0.25) is 0 Å². The molecule has 0 bridgehead atoms. The summed E-state index contributed by atoms with van der Waals surface area (Å²) < 4.78 is 0. The van der Waals surface area contributed by atoms with Crippen molar-refractivity contribution in [1.29, 1.82) is 0 Å². The number of likely N-dealkylation sites (tertiary alicyclic amines) is 1. The van der Waals surface area contributed by atoms with E-state index in [1.807, 2.05) is 12.3 Å². The monoisotopic (exact) mass is 217 g/mol. The van der Waals surface area contributed by atoms with Gasteiger partial charge in [0.15, 0.2) is 0 Å². The van der Waals surface area contributed by atoms with Gasteiger partial charge in [-0.3, -0.25) is 9.88 Å². The predicted octanol–water partition coefficient (Wildman–Crippen LogP) is 1.27. The smallest absolute Gasteiger partial charge is 0.0543 e. The minimum Gasteiger partial charge on any atom is -0.316 e. The highest BCUT2D eigenvalue weighted by Crippen LogP contribution is 2.36. The van der Waals surface area contributed by atoms with Crippen molar-refractivity contribution in [2.24, 2.45) is 5.41 Å². The lowest BCUT2D eigenvalue weighted by Gasteiger charge is -2.52. The standard InChI is InChI=1S/C13H19N3/c1-2-7-15-12(4-1)8-16-10-13(11-16)5-3-6-14-9-13/h1-2,4,7,14H,3,5-6,8-11H2. The summed E-state index contributed by atoms with van der Waals surface area (Å²) in [5.74, 6) is 0. The second-order valence-corrected chi connectivity index (χ2v) is 5.25. The van der Waals surface area contributed by atoms with Gasteiger partial charge in [0.1, 0.15) is 0 Å². The Kier molecular flexibility index (Phi) is 2.65. The molecule has 1 aromatic heterocycles. The highest BCUT2D eigenvalue weighted by molar-refractivity contribution is 5.06. The quantitative estimate of drug-likeness (QED) is 0.808. The molecule has 3 rings (SSSR count). The first-order chi connectivity index (χ1) is 7.86. The Morgan fingerprint density at radius 3 is 3.00 bits per heavy atom. The third kappa shape index (κ3) is 1.97. The fraction of sp³-hybridized carbons (Fsp3) is 0.615. The molecule has 1 spiro atoms. The third-order valence-electron chi connectivity index (χ3n) is 3.79. The van der Waals surface area contributed by atoms with Gasteiger partial charge in [-0.05, 0) is 31.5 Å². The number of rotatable bonds is 2. The average Bonchev–Trinajstić information content (AvgIpc) is 2.30. The maximum absolute atomic E-state index is 4.38.